The van der Waals surface area contributed by atoms with E-state index in [1.807, 2.05) is 12.1 Å². The van der Waals surface area contributed by atoms with Gasteiger partial charge in [0.15, 0.2) is 5.82 Å². The summed E-state index contributed by atoms with van der Waals surface area (Å²) >= 11 is 0. The zero-order valence-electron chi connectivity index (χ0n) is 11.1. The summed E-state index contributed by atoms with van der Waals surface area (Å²) in [6.07, 6.45) is 2.19. The van der Waals surface area contributed by atoms with Crippen LogP contribution in [0.3, 0.4) is 0 Å². The van der Waals surface area contributed by atoms with Gasteiger partial charge >= 0.3 is 0 Å². The molecule has 0 radical (unpaired) electrons. The maximum atomic E-state index is 14.1. The van der Waals surface area contributed by atoms with Gasteiger partial charge in [0.1, 0.15) is 18.0 Å². The maximum absolute atomic E-state index is 14.1. The number of nitrogens with zero attached hydrogens (tertiary/aromatic N) is 3. The van der Waals surface area contributed by atoms with Crippen LogP contribution in [0.1, 0.15) is 35.6 Å². The lowest BCUT2D eigenvalue weighted by Crippen LogP contribution is -2.02. The van der Waals surface area contributed by atoms with E-state index < -0.39 is 5.82 Å². The highest BCUT2D eigenvalue weighted by atomic mass is 19.1. The molecule has 102 valence electrons. The molecule has 1 aromatic carbocycles. The van der Waals surface area contributed by atoms with Crippen LogP contribution in [0.4, 0.5) is 15.9 Å². The normalized spacial score (nSPS) is 13.3. The summed E-state index contributed by atoms with van der Waals surface area (Å²) in [5.74, 6) is 0.131. The summed E-state index contributed by atoms with van der Waals surface area (Å²) in [5, 5.41) is 20.8. The number of rotatable bonds is 3. The highest BCUT2D eigenvalue weighted by molar-refractivity contribution is 5.65. The third kappa shape index (κ3) is 2.54. The van der Waals surface area contributed by atoms with E-state index in [4.69, 9.17) is 10.5 Å². The van der Waals surface area contributed by atoms with Crippen molar-refractivity contribution in [3.05, 3.63) is 53.0 Å². The van der Waals surface area contributed by atoms with Crippen molar-refractivity contribution < 1.29 is 4.39 Å². The molecule has 0 unspecified atom stereocenters. The molecule has 0 bridgehead atoms. The van der Waals surface area contributed by atoms with Crippen molar-refractivity contribution in [3.8, 4) is 12.1 Å². The third-order valence-corrected chi connectivity index (χ3v) is 3.41. The van der Waals surface area contributed by atoms with E-state index in [2.05, 4.69) is 10.3 Å². The molecular weight excluding hydrogens is 267 g/mol. The van der Waals surface area contributed by atoms with E-state index in [0.717, 1.165) is 18.5 Å². The Morgan fingerprint density at radius 1 is 1.10 bits per heavy atom. The van der Waals surface area contributed by atoms with Crippen LogP contribution in [0.25, 0.3) is 0 Å². The van der Waals surface area contributed by atoms with Crippen molar-refractivity contribution in [2.75, 3.05) is 5.32 Å². The van der Waals surface area contributed by atoms with Crippen LogP contribution in [0, 0.1) is 28.5 Å². The van der Waals surface area contributed by atoms with Gasteiger partial charge in [0.25, 0.3) is 0 Å². The summed E-state index contributed by atoms with van der Waals surface area (Å²) in [6, 6.07) is 11.9. The monoisotopic (exact) mass is 278 g/mol. The Morgan fingerprint density at radius 2 is 1.86 bits per heavy atom. The van der Waals surface area contributed by atoms with Gasteiger partial charge in [-0.15, -0.1) is 0 Å². The fourth-order valence-corrected chi connectivity index (χ4v) is 2.11. The number of anilines is 2. The predicted molar refractivity (Wildman–Crippen MR) is 75.3 cm³/mol. The second-order valence-electron chi connectivity index (χ2n) is 4.92. The third-order valence-electron chi connectivity index (χ3n) is 3.41. The van der Waals surface area contributed by atoms with Gasteiger partial charge in [-0.25, -0.2) is 9.37 Å². The van der Waals surface area contributed by atoms with Crippen molar-refractivity contribution >= 4 is 11.5 Å². The zero-order valence-corrected chi connectivity index (χ0v) is 11.1. The van der Waals surface area contributed by atoms with Gasteiger partial charge in [0.05, 0.1) is 16.8 Å². The second-order valence-corrected chi connectivity index (χ2v) is 4.92. The van der Waals surface area contributed by atoms with E-state index >= 15 is 0 Å². The Balaban J connectivity index is 1.99. The number of aromatic nitrogens is 1. The number of hydrogen-bond acceptors (Lipinski definition) is 4. The van der Waals surface area contributed by atoms with Crippen molar-refractivity contribution in [2.45, 2.75) is 18.8 Å². The number of pyridine rings is 1. The first-order valence-corrected chi connectivity index (χ1v) is 6.59. The Kier molecular flexibility index (Phi) is 3.25. The summed E-state index contributed by atoms with van der Waals surface area (Å²) in [6.45, 7) is 0. The Labute approximate surface area is 121 Å². The number of halogens is 1. The largest absolute Gasteiger partial charge is 0.337 e. The fourth-order valence-electron chi connectivity index (χ4n) is 2.11. The molecule has 0 spiro atoms. The van der Waals surface area contributed by atoms with Crippen LogP contribution in [0.2, 0.25) is 0 Å². The van der Waals surface area contributed by atoms with Gasteiger partial charge in [-0.1, -0.05) is 6.07 Å². The number of benzene rings is 1. The molecule has 1 saturated carbocycles. The summed E-state index contributed by atoms with van der Waals surface area (Å²) in [4.78, 5) is 4.41. The van der Waals surface area contributed by atoms with Gasteiger partial charge < -0.3 is 5.32 Å². The van der Waals surface area contributed by atoms with Crippen LogP contribution < -0.4 is 5.32 Å². The highest BCUT2D eigenvalue weighted by Gasteiger charge is 2.25. The van der Waals surface area contributed by atoms with Crippen molar-refractivity contribution in [1.29, 1.82) is 10.5 Å². The van der Waals surface area contributed by atoms with Crippen molar-refractivity contribution in [3.63, 3.8) is 0 Å². The minimum atomic E-state index is -0.637. The molecule has 0 atom stereocenters. The summed E-state index contributed by atoms with van der Waals surface area (Å²) < 4.78 is 14.1. The number of nitrogens with one attached hydrogen (secondary N) is 1. The lowest BCUT2D eigenvalue weighted by molar-refractivity contribution is 0.628. The quantitative estimate of drug-likeness (QED) is 0.931. The van der Waals surface area contributed by atoms with Crippen molar-refractivity contribution in [1.82, 2.24) is 4.98 Å². The Hall–Kier alpha value is -2.92. The molecule has 1 aliphatic rings. The molecule has 1 N–H and O–H groups in total. The lowest BCUT2D eigenvalue weighted by atomic mass is 10.1. The Bertz CT molecular complexity index is 782. The molecular formula is C16H11FN4. The van der Waals surface area contributed by atoms with Crippen LogP contribution in [-0.2, 0) is 0 Å². The van der Waals surface area contributed by atoms with Gasteiger partial charge in [-0.2, -0.15) is 10.5 Å². The van der Waals surface area contributed by atoms with E-state index in [9.17, 15) is 4.39 Å². The van der Waals surface area contributed by atoms with Crippen molar-refractivity contribution in [2.24, 2.45) is 0 Å². The molecule has 0 amide bonds. The summed E-state index contributed by atoms with van der Waals surface area (Å²) in [7, 11) is 0. The van der Waals surface area contributed by atoms with E-state index in [0.29, 0.717) is 17.3 Å². The number of hydrogen-bond donors (Lipinski definition) is 1. The van der Waals surface area contributed by atoms with Gasteiger partial charge in [-0.05, 0) is 37.1 Å². The van der Waals surface area contributed by atoms with Crippen LogP contribution >= 0.6 is 0 Å². The Morgan fingerprint density at radius 3 is 2.52 bits per heavy atom. The first-order valence-electron chi connectivity index (χ1n) is 6.59. The molecule has 5 heteroatoms. The molecule has 1 fully saturated rings. The molecule has 1 heterocycles. The molecule has 3 rings (SSSR count). The zero-order chi connectivity index (χ0) is 14.8. The average molecular weight is 278 g/mol. The van der Waals surface area contributed by atoms with Crippen LogP contribution in [0.15, 0.2) is 30.3 Å². The smallest absolute Gasteiger partial charge is 0.164 e. The minimum absolute atomic E-state index is 0.0446. The van der Waals surface area contributed by atoms with E-state index in [1.165, 1.54) is 12.1 Å². The summed E-state index contributed by atoms with van der Waals surface area (Å²) in [5.41, 5.74) is 1.36. The number of nitriles is 2. The standard InChI is InChI=1S/C16H11FN4/c17-15-11(8-18)2-1-3-14(15)21-16-12(9-19)6-7-13(20-16)10-4-5-10/h1-3,6-7,10H,4-5H2,(H,20,21). The lowest BCUT2D eigenvalue weighted by Gasteiger charge is -2.10. The maximum Gasteiger partial charge on any atom is 0.164 e. The topological polar surface area (TPSA) is 72.5 Å². The predicted octanol–water partition coefficient (Wildman–Crippen LogP) is 3.59. The van der Waals surface area contributed by atoms with Gasteiger partial charge in [0, 0.05) is 11.6 Å². The first-order chi connectivity index (χ1) is 10.2. The molecule has 2 aromatic rings. The highest BCUT2D eigenvalue weighted by Crippen LogP contribution is 2.39. The van der Waals surface area contributed by atoms with Crippen LogP contribution in [0.5, 0.6) is 0 Å². The SMILES string of the molecule is N#Cc1ccc(C2CC2)nc1Nc1cccc(C#N)c1F. The minimum Gasteiger partial charge on any atom is -0.337 e. The second kappa shape index (κ2) is 5.22. The van der Waals surface area contributed by atoms with Crippen LogP contribution in [-0.4, -0.2) is 4.98 Å². The van der Waals surface area contributed by atoms with Gasteiger partial charge in [-0.3, -0.25) is 0 Å². The molecule has 1 aliphatic carbocycles. The molecule has 1 aromatic heterocycles. The van der Waals surface area contributed by atoms with Gasteiger partial charge in [0.2, 0.25) is 0 Å². The molecule has 0 saturated heterocycles. The van der Waals surface area contributed by atoms with E-state index in [1.54, 1.807) is 18.2 Å². The molecule has 21 heavy (non-hydrogen) atoms. The average Bonchev–Trinajstić information content (AvgIpc) is 3.34. The first kappa shape index (κ1) is 13.1. The molecule has 4 nitrogen and oxygen atoms in total. The fraction of sp³-hybridized carbons (Fsp3) is 0.188. The molecule has 0 aliphatic heterocycles. The van der Waals surface area contributed by atoms with E-state index in [-0.39, 0.29) is 11.3 Å².